The van der Waals surface area contributed by atoms with E-state index in [1.165, 1.54) is 44.9 Å². The number of hydrogen-bond donors (Lipinski definition) is 0. The Balaban J connectivity index is 1.87. The van der Waals surface area contributed by atoms with Crippen LogP contribution in [-0.2, 0) is 4.74 Å². The predicted octanol–water partition coefficient (Wildman–Crippen LogP) is 4.02. The smallest absolute Gasteiger partial charge is 0.0468 e. The first-order valence-electron chi connectivity index (χ1n) is 6.37. The van der Waals surface area contributed by atoms with Gasteiger partial charge in [0.15, 0.2) is 0 Å². The van der Waals surface area contributed by atoms with Crippen molar-refractivity contribution in [3.63, 3.8) is 0 Å². The summed E-state index contributed by atoms with van der Waals surface area (Å²) in [5.74, 6) is 1.76. The molecule has 1 nitrogen and oxygen atoms in total. The van der Waals surface area contributed by atoms with Crippen LogP contribution < -0.4 is 0 Å². The third kappa shape index (κ3) is 5.64. The Kier molecular flexibility index (Phi) is 6.25. The van der Waals surface area contributed by atoms with Crippen molar-refractivity contribution in [1.82, 2.24) is 0 Å². The maximum atomic E-state index is 5.65. The Morgan fingerprint density at radius 1 is 1.07 bits per heavy atom. The van der Waals surface area contributed by atoms with E-state index in [0.717, 1.165) is 25.0 Å². The van der Waals surface area contributed by atoms with E-state index in [-0.39, 0.29) is 0 Å². The topological polar surface area (TPSA) is 9.23 Å². The molecular formula is C13H26O. The van der Waals surface area contributed by atoms with E-state index in [1.807, 2.05) is 0 Å². The molecule has 14 heavy (non-hydrogen) atoms. The molecule has 0 atom stereocenters. The molecule has 0 heterocycles. The largest absolute Gasteiger partial charge is 0.381 e. The van der Waals surface area contributed by atoms with Crippen molar-refractivity contribution in [2.45, 2.75) is 58.8 Å². The molecule has 0 saturated heterocycles. The minimum atomic E-state index is 0.782. The lowest BCUT2D eigenvalue weighted by Gasteiger charge is -2.21. The van der Waals surface area contributed by atoms with Gasteiger partial charge in [-0.05, 0) is 24.7 Å². The van der Waals surface area contributed by atoms with E-state index in [9.17, 15) is 0 Å². The predicted molar refractivity (Wildman–Crippen MR) is 61.5 cm³/mol. The molecule has 0 aliphatic heterocycles. The zero-order chi connectivity index (χ0) is 10.2. The fourth-order valence-corrected chi connectivity index (χ4v) is 2.15. The van der Waals surface area contributed by atoms with Gasteiger partial charge < -0.3 is 4.74 Å². The average molecular weight is 198 g/mol. The molecule has 0 radical (unpaired) electrons. The summed E-state index contributed by atoms with van der Waals surface area (Å²) in [6, 6.07) is 0. The Morgan fingerprint density at radius 2 is 1.79 bits per heavy atom. The van der Waals surface area contributed by atoms with E-state index in [1.54, 1.807) is 0 Å². The molecule has 0 N–H and O–H groups in total. The molecule has 1 aliphatic carbocycles. The highest BCUT2D eigenvalue weighted by Crippen LogP contribution is 2.26. The minimum Gasteiger partial charge on any atom is -0.381 e. The maximum absolute atomic E-state index is 5.65. The summed E-state index contributed by atoms with van der Waals surface area (Å²) in [6.07, 6.45) is 9.79. The molecule has 1 saturated carbocycles. The lowest BCUT2D eigenvalue weighted by molar-refractivity contribution is 0.105. The summed E-state index contributed by atoms with van der Waals surface area (Å²) >= 11 is 0. The fraction of sp³-hybridized carbons (Fsp3) is 1.00. The van der Waals surface area contributed by atoms with Crippen molar-refractivity contribution >= 4 is 0 Å². The highest BCUT2D eigenvalue weighted by Gasteiger charge is 2.12. The second kappa shape index (κ2) is 7.28. The van der Waals surface area contributed by atoms with Gasteiger partial charge in [-0.15, -0.1) is 0 Å². The van der Waals surface area contributed by atoms with Crippen molar-refractivity contribution < 1.29 is 4.74 Å². The first kappa shape index (κ1) is 12.0. The molecule has 0 bridgehead atoms. The van der Waals surface area contributed by atoms with Gasteiger partial charge in [-0.2, -0.15) is 0 Å². The van der Waals surface area contributed by atoms with Crippen LogP contribution >= 0.6 is 0 Å². The zero-order valence-electron chi connectivity index (χ0n) is 9.93. The quantitative estimate of drug-likeness (QED) is 0.586. The van der Waals surface area contributed by atoms with Crippen LogP contribution in [0.1, 0.15) is 58.8 Å². The molecule has 0 unspecified atom stereocenters. The molecule has 0 amide bonds. The van der Waals surface area contributed by atoms with E-state index in [0.29, 0.717) is 0 Å². The molecule has 0 spiro atoms. The molecule has 1 heteroatoms. The molecule has 0 aromatic heterocycles. The van der Waals surface area contributed by atoms with Gasteiger partial charge in [0, 0.05) is 13.2 Å². The van der Waals surface area contributed by atoms with Crippen LogP contribution in [0.15, 0.2) is 0 Å². The van der Waals surface area contributed by atoms with Crippen LogP contribution in [0.25, 0.3) is 0 Å². The number of ether oxygens (including phenoxy) is 1. The van der Waals surface area contributed by atoms with E-state index < -0.39 is 0 Å². The summed E-state index contributed by atoms with van der Waals surface area (Å²) < 4.78 is 5.65. The number of hydrogen-bond acceptors (Lipinski definition) is 1. The number of rotatable bonds is 6. The second-order valence-electron chi connectivity index (χ2n) is 5.09. The van der Waals surface area contributed by atoms with Gasteiger partial charge in [0.05, 0.1) is 0 Å². The van der Waals surface area contributed by atoms with Crippen molar-refractivity contribution in [1.29, 1.82) is 0 Å². The lowest BCUT2D eigenvalue weighted by Crippen LogP contribution is -2.10. The van der Waals surface area contributed by atoms with Gasteiger partial charge >= 0.3 is 0 Å². The fourth-order valence-electron chi connectivity index (χ4n) is 2.15. The molecular weight excluding hydrogens is 172 g/mol. The van der Waals surface area contributed by atoms with Crippen molar-refractivity contribution in [3.8, 4) is 0 Å². The third-order valence-electron chi connectivity index (χ3n) is 3.23. The first-order chi connectivity index (χ1) is 6.79. The summed E-state index contributed by atoms with van der Waals surface area (Å²) in [4.78, 5) is 0. The van der Waals surface area contributed by atoms with Crippen LogP contribution in [0.3, 0.4) is 0 Å². The maximum Gasteiger partial charge on any atom is 0.0468 e. The normalized spacial score (nSPS) is 19.1. The van der Waals surface area contributed by atoms with Gasteiger partial charge in [0.25, 0.3) is 0 Å². The molecule has 0 aromatic rings. The van der Waals surface area contributed by atoms with Gasteiger partial charge in [-0.3, -0.25) is 0 Å². The highest BCUT2D eigenvalue weighted by molar-refractivity contribution is 4.65. The summed E-state index contributed by atoms with van der Waals surface area (Å²) in [5, 5.41) is 0. The van der Waals surface area contributed by atoms with Crippen LogP contribution in [0, 0.1) is 11.8 Å². The van der Waals surface area contributed by atoms with Gasteiger partial charge in [0.2, 0.25) is 0 Å². The van der Waals surface area contributed by atoms with E-state index in [4.69, 9.17) is 4.74 Å². The van der Waals surface area contributed by atoms with Gasteiger partial charge in [-0.1, -0.05) is 46.0 Å². The van der Waals surface area contributed by atoms with Crippen LogP contribution in [-0.4, -0.2) is 13.2 Å². The Morgan fingerprint density at radius 3 is 2.43 bits per heavy atom. The summed E-state index contributed by atoms with van der Waals surface area (Å²) in [5.41, 5.74) is 0. The Labute approximate surface area is 89.2 Å². The first-order valence-corrected chi connectivity index (χ1v) is 6.37. The van der Waals surface area contributed by atoms with Gasteiger partial charge in [-0.25, -0.2) is 0 Å². The van der Waals surface area contributed by atoms with E-state index in [2.05, 4.69) is 13.8 Å². The average Bonchev–Trinajstić information content (AvgIpc) is 2.18. The lowest BCUT2D eigenvalue weighted by atomic mass is 9.87. The third-order valence-corrected chi connectivity index (χ3v) is 3.23. The van der Waals surface area contributed by atoms with Gasteiger partial charge in [0.1, 0.15) is 0 Å². The van der Waals surface area contributed by atoms with Crippen molar-refractivity contribution in [3.05, 3.63) is 0 Å². The summed E-state index contributed by atoms with van der Waals surface area (Å²) in [7, 11) is 0. The molecule has 1 fully saturated rings. The molecule has 1 rings (SSSR count). The SMILES string of the molecule is CC(C)CCOCCC1CCCCC1. The highest BCUT2D eigenvalue weighted by atomic mass is 16.5. The molecule has 1 aliphatic rings. The molecule has 84 valence electrons. The summed E-state index contributed by atoms with van der Waals surface area (Å²) in [6.45, 7) is 6.47. The van der Waals surface area contributed by atoms with Crippen LogP contribution in [0.5, 0.6) is 0 Å². The van der Waals surface area contributed by atoms with E-state index >= 15 is 0 Å². The van der Waals surface area contributed by atoms with Crippen LogP contribution in [0.2, 0.25) is 0 Å². The Bertz CT molecular complexity index is 125. The Hall–Kier alpha value is -0.0400. The van der Waals surface area contributed by atoms with Crippen LogP contribution in [0.4, 0.5) is 0 Å². The second-order valence-corrected chi connectivity index (χ2v) is 5.09. The van der Waals surface area contributed by atoms with Crippen molar-refractivity contribution in [2.75, 3.05) is 13.2 Å². The van der Waals surface area contributed by atoms with Crippen molar-refractivity contribution in [2.24, 2.45) is 11.8 Å². The zero-order valence-corrected chi connectivity index (χ0v) is 9.93. The molecule has 0 aromatic carbocycles. The monoisotopic (exact) mass is 198 g/mol. The standard InChI is InChI=1S/C13H26O/c1-12(2)8-10-14-11-9-13-6-4-3-5-7-13/h12-13H,3-11H2,1-2H3. The minimum absolute atomic E-state index is 0.782.